The number of methoxy groups -OCH3 is 1. The summed E-state index contributed by atoms with van der Waals surface area (Å²) in [5.41, 5.74) is 0.413. The van der Waals surface area contributed by atoms with Crippen molar-refractivity contribution < 1.29 is 22.4 Å². The molecule has 0 spiro atoms. The average Bonchev–Trinajstić information content (AvgIpc) is 3.04. The fraction of sp³-hybridized carbons (Fsp3) is 0.438. The molecule has 2 rings (SSSR count). The third kappa shape index (κ3) is 5.02. The molecule has 1 atom stereocenters. The number of hydrogen-bond acceptors (Lipinski definition) is 7. The Morgan fingerprint density at radius 1 is 1.32 bits per heavy atom. The van der Waals surface area contributed by atoms with Gasteiger partial charge in [-0.15, -0.1) is 5.10 Å². The molecule has 0 aliphatic carbocycles. The number of amides is 1. The standard InChI is InChI=1S/C16H21N3O5S/c1-10(2)8-13(15-18-19-16(24-15)25(4,21)22)17-14(20)11-6-5-7-12(9-11)23-3/h5-7,9-10,13H,8H2,1-4H3,(H,17,20)/t13-/m0/s1. The lowest BCUT2D eigenvalue weighted by molar-refractivity contribution is 0.0923. The van der Waals surface area contributed by atoms with E-state index < -0.39 is 21.1 Å². The second kappa shape index (κ2) is 7.64. The number of carbonyl (C=O) groups excluding carboxylic acids is 1. The summed E-state index contributed by atoms with van der Waals surface area (Å²) in [6, 6.07) is 6.11. The Bertz CT molecular complexity index is 845. The lowest BCUT2D eigenvalue weighted by Gasteiger charge is -2.17. The summed E-state index contributed by atoms with van der Waals surface area (Å²) in [4.78, 5) is 12.5. The molecule has 0 saturated heterocycles. The number of benzene rings is 1. The fourth-order valence-corrected chi connectivity index (χ4v) is 2.64. The molecule has 0 aliphatic heterocycles. The van der Waals surface area contributed by atoms with Crippen LogP contribution in [0.25, 0.3) is 0 Å². The van der Waals surface area contributed by atoms with E-state index in [0.29, 0.717) is 17.7 Å². The van der Waals surface area contributed by atoms with Gasteiger partial charge in [-0.05, 0) is 30.5 Å². The van der Waals surface area contributed by atoms with Gasteiger partial charge in [0.15, 0.2) is 0 Å². The van der Waals surface area contributed by atoms with E-state index in [4.69, 9.17) is 9.15 Å². The van der Waals surface area contributed by atoms with Gasteiger partial charge in [-0.25, -0.2) is 8.42 Å². The quantitative estimate of drug-likeness (QED) is 0.796. The van der Waals surface area contributed by atoms with Gasteiger partial charge in [0.25, 0.3) is 5.91 Å². The Labute approximate surface area is 146 Å². The highest BCUT2D eigenvalue weighted by Crippen LogP contribution is 2.22. The number of nitrogens with one attached hydrogen (secondary N) is 1. The molecule has 1 N–H and O–H groups in total. The van der Waals surface area contributed by atoms with Gasteiger partial charge >= 0.3 is 5.22 Å². The van der Waals surface area contributed by atoms with Crippen LogP contribution in [0, 0.1) is 5.92 Å². The van der Waals surface area contributed by atoms with Crippen molar-refractivity contribution >= 4 is 15.7 Å². The first-order chi connectivity index (χ1) is 11.7. The van der Waals surface area contributed by atoms with Gasteiger partial charge in [-0.3, -0.25) is 4.79 Å². The van der Waals surface area contributed by atoms with E-state index in [1.807, 2.05) is 13.8 Å². The monoisotopic (exact) mass is 367 g/mol. The molecule has 1 amide bonds. The number of nitrogens with zero attached hydrogens (tertiary/aromatic N) is 2. The maximum absolute atomic E-state index is 12.5. The molecule has 25 heavy (non-hydrogen) atoms. The highest BCUT2D eigenvalue weighted by atomic mass is 32.2. The number of aromatic nitrogens is 2. The molecule has 0 radical (unpaired) electrons. The molecule has 1 aromatic carbocycles. The third-order valence-corrected chi connectivity index (χ3v) is 4.18. The average molecular weight is 367 g/mol. The van der Waals surface area contributed by atoms with E-state index in [1.54, 1.807) is 24.3 Å². The minimum Gasteiger partial charge on any atom is -0.497 e. The van der Waals surface area contributed by atoms with E-state index in [1.165, 1.54) is 7.11 Å². The normalized spacial score (nSPS) is 12.8. The van der Waals surface area contributed by atoms with Crippen LogP contribution in [0.1, 0.15) is 42.6 Å². The summed E-state index contributed by atoms with van der Waals surface area (Å²) >= 11 is 0. The zero-order valence-electron chi connectivity index (χ0n) is 14.5. The van der Waals surface area contributed by atoms with Crippen molar-refractivity contribution in [3.8, 4) is 5.75 Å². The Morgan fingerprint density at radius 3 is 2.60 bits per heavy atom. The molecule has 0 aliphatic rings. The molecule has 136 valence electrons. The van der Waals surface area contributed by atoms with Crippen LogP contribution < -0.4 is 10.1 Å². The summed E-state index contributed by atoms with van der Waals surface area (Å²) in [7, 11) is -2.09. The first kappa shape index (κ1) is 18.9. The number of ether oxygens (including phenoxy) is 1. The minimum atomic E-state index is -3.60. The van der Waals surface area contributed by atoms with Crippen molar-refractivity contribution in [2.24, 2.45) is 5.92 Å². The molecular formula is C16H21N3O5S. The number of hydrogen-bond donors (Lipinski definition) is 1. The van der Waals surface area contributed by atoms with E-state index in [9.17, 15) is 13.2 Å². The van der Waals surface area contributed by atoms with E-state index in [2.05, 4.69) is 15.5 Å². The molecule has 1 heterocycles. The van der Waals surface area contributed by atoms with E-state index >= 15 is 0 Å². The van der Waals surface area contributed by atoms with Crippen molar-refractivity contribution in [2.75, 3.05) is 13.4 Å². The summed E-state index contributed by atoms with van der Waals surface area (Å²) in [6.45, 7) is 3.94. The SMILES string of the molecule is COc1cccc(C(=O)N[C@@H](CC(C)C)c2nnc(S(C)(=O)=O)o2)c1. The highest BCUT2D eigenvalue weighted by Gasteiger charge is 2.25. The van der Waals surface area contributed by atoms with Crippen LogP contribution >= 0.6 is 0 Å². The Kier molecular flexibility index (Phi) is 5.78. The predicted octanol–water partition coefficient (Wildman–Crippen LogP) is 2.00. The van der Waals surface area contributed by atoms with Crippen molar-refractivity contribution in [2.45, 2.75) is 31.5 Å². The Hall–Kier alpha value is -2.42. The van der Waals surface area contributed by atoms with Gasteiger partial charge in [0.1, 0.15) is 11.8 Å². The maximum atomic E-state index is 12.5. The van der Waals surface area contributed by atoms with Gasteiger partial charge in [-0.2, -0.15) is 0 Å². The largest absolute Gasteiger partial charge is 0.497 e. The Balaban J connectivity index is 2.25. The topological polar surface area (TPSA) is 111 Å². The molecule has 2 aromatic rings. The molecule has 0 fully saturated rings. The van der Waals surface area contributed by atoms with Crippen LogP contribution in [-0.4, -0.2) is 37.9 Å². The second-order valence-electron chi connectivity index (χ2n) is 6.07. The molecule has 1 aromatic heterocycles. The zero-order chi connectivity index (χ0) is 18.6. The van der Waals surface area contributed by atoms with Crippen LogP contribution in [-0.2, 0) is 9.84 Å². The fourth-order valence-electron chi connectivity index (χ4n) is 2.21. The highest BCUT2D eigenvalue weighted by molar-refractivity contribution is 7.90. The van der Waals surface area contributed by atoms with Gasteiger partial charge in [0, 0.05) is 11.8 Å². The van der Waals surface area contributed by atoms with Crippen molar-refractivity contribution in [3.63, 3.8) is 0 Å². The molecule has 9 heteroatoms. The predicted molar refractivity (Wildman–Crippen MR) is 90.1 cm³/mol. The minimum absolute atomic E-state index is 0.0605. The number of carbonyl (C=O) groups is 1. The van der Waals surface area contributed by atoms with Crippen molar-refractivity contribution in [1.82, 2.24) is 15.5 Å². The maximum Gasteiger partial charge on any atom is 0.335 e. The van der Waals surface area contributed by atoms with E-state index in [-0.39, 0.29) is 17.7 Å². The molecule has 0 saturated carbocycles. The van der Waals surface area contributed by atoms with Crippen LogP contribution in [0.3, 0.4) is 0 Å². The second-order valence-corrected chi connectivity index (χ2v) is 7.96. The van der Waals surface area contributed by atoms with Crippen molar-refractivity contribution in [3.05, 3.63) is 35.7 Å². The van der Waals surface area contributed by atoms with Gasteiger partial charge in [-0.1, -0.05) is 25.0 Å². The zero-order valence-corrected chi connectivity index (χ0v) is 15.3. The van der Waals surface area contributed by atoms with E-state index in [0.717, 1.165) is 6.26 Å². The van der Waals surface area contributed by atoms with Crippen LogP contribution in [0.15, 0.2) is 33.9 Å². The molecular weight excluding hydrogens is 346 g/mol. The summed E-state index contributed by atoms with van der Waals surface area (Å²) in [5.74, 6) is 0.489. The number of rotatable bonds is 7. The van der Waals surface area contributed by atoms with Gasteiger partial charge < -0.3 is 14.5 Å². The van der Waals surface area contributed by atoms with Gasteiger partial charge in [0.05, 0.1) is 7.11 Å². The first-order valence-electron chi connectivity index (χ1n) is 7.69. The molecule has 8 nitrogen and oxygen atoms in total. The van der Waals surface area contributed by atoms with Crippen molar-refractivity contribution in [1.29, 1.82) is 0 Å². The Morgan fingerprint density at radius 2 is 2.04 bits per heavy atom. The third-order valence-electron chi connectivity index (χ3n) is 3.38. The van der Waals surface area contributed by atoms with Crippen LogP contribution in [0.4, 0.5) is 0 Å². The molecule has 0 bridgehead atoms. The van der Waals surface area contributed by atoms with Crippen LogP contribution in [0.2, 0.25) is 0 Å². The summed E-state index contributed by atoms with van der Waals surface area (Å²) in [6.07, 6.45) is 1.50. The summed E-state index contributed by atoms with van der Waals surface area (Å²) < 4.78 is 33.4. The first-order valence-corrected chi connectivity index (χ1v) is 9.58. The lowest BCUT2D eigenvalue weighted by atomic mass is 10.0. The number of sulfone groups is 1. The summed E-state index contributed by atoms with van der Waals surface area (Å²) in [5, 5.41) is 9.67. The molecule has 0 unspecified atom stereocenters. The van der Waals surface area contributed by atoms with Crippen LogP contribution in [0.5, 0.6) is 5.75 Å². The van der Waals surface area contributed by atoms with Gasteiger partial charge in [0.2, 0.25) is 15.7 Å². The smallest absolute Gasteiger partial charge is 0.335 e. The lowest BCUT2D eigenvalue weighted by Crippen LogP contribution is -2.29.